The van der Waals surface area contributed by atoms with E-state index in [-0.39, 0.29) is 18.1 Å². The molecule has 2 rings (SSSR count). The van der Waals surface area contributed by atoms with Crippen LogP contribution in [0.4, 0.5) is 0 Å². The van der Waals surface area contributed by atoms with Gasteiger partial charge in [-0.3, -0.25) is 9.69 Å². The van der Waals surface area contributed by atoms with Gasteiger partial charge in [-0.1, -0.05) is 36.9 Å². The molecule has 1 heterocycles. The van der Waals surface area contributed by atoms with E-state index in [0.29, 0.717) is 5.57 Å². The maximum atomic E-state index is 11.9. The molecule has 1 aromatic rings. The van der Waals surface area contributed by atoms with Crippen molar-refractivity contribution in [3.63, 3.8) is 0 Å². The smallest absolute Gasteiger partial charge is 0.323 e. The van der Waals surface area contributed by atoms with Gasteiger partial charge in [0.25, 0.3) is 0 Å². The van der Waals surface area contributed by atoms with Crippen LogP contribution in [0.5, 0.6) is 0 Å². The molecule has 0 amide bonds. The average Bonchev–Trinajstić information content (AvgIpc) is 2.96. The Morgan fingerprint density at radius 1 is 1.50 bits per heavy atom. The summed E-state index contributed by atoms with van der Waals surface area (Å²) in [6.45, 7) is 4.62. The van der Waals surface area contributed by atoms with Gasteiger partial charge in [0.05, 0.1) is 19.2 Å². The summed E-state index contributed by atoms with van der Waals surface area (Å²) in [5.41, 5.74) is 1.43. The molecule has 0 aromatic heterocycles. The molecule has 4 nitrogen and oxygen atoms in total. The third-order valence-corrected chi connectivity index (χ3v) is 3.69. The Labute approximate surface area is 119 Å². The van der Waals surface area contributed by atoms with Crippen molar-refractivity contribution < 1.29 is 9.53 Å². The predicted octanol–water partition coefficient (Wildman–Crippen LogP) is 2.44. The summed E-state index contributed by atoms with van der Waals surface area (Å²) in [7, 11) is 1.40. The quantitative estimate of drug-likeness (QED) is 0.623. The fraction of sp³-hybridized carbons (Fsp3) is 0.375. The second kappa shape index (κ2) is 6.36. The van der Waals surface area contributed by atoms with Crippen molar-refractivity contribution in [2.24, 2.45) is 0 Å². The number of hydrogen-bond acceptors (Lipinski definition) is 4. The minimum absolute atomic E-state index is 0.242. The van der Waals surface area contributed by atoms with Crippen LogP contribution in [0.15, 0.2) is 42.5 Å². The number of carbonyl (C=O) groups excluding carboxylic acids is 1. The number of carbonyl (C=O) groups is 1. The Bertz CT molecular complexity index is 533. The van der Waals surface area contributed by atoms with Crippen molar-refractivity contribution in [1.82, 2.24) is 4.90 Å². The topological polar surface area (TPSA) is 53.3 Å². The molecule has 0 bridgehead atoms. The highest BCUT2D eigenvalue weighted by atomic mass is 16.5. The van der Waals surface area contributed by atoms with Crippen molar-refractivity contribution in [3.05, 3.63) is 48.0 Å². The van der Waals surface area contributed by atoms with E-state index in [2.05, 4.69) is 12.6 Å². The fourth-order valence-electron chi connectivity index (χ4n) is 2.78. The van der Waals surface area contributed by atoms with Crippen LogP contribution >= 0.6 is 0 Å². The summed E-state index contributed by atoms with van der Waals surface area (Å²) in [6, 6.07) is 11.3. The number of esters is 1. The molecule has 1 saturated heterocycles. The second-order valence-corrected chi connectivity index (χ2v) is 4.87. The maximum absolute atomic E-state index is 11.9. The average molecular weight is 270 g/mol. The maximum Gasteiger partial charge on any atom is 0.323 e. The minimum atomic E-state index is -0.296. The lowest BCUT2D eigenvalue weighted by atomic mass is 9.98. The number of hydrogen-bond donors (Lipinski definition) is 0. The first-order valence-electron chi connectivity index (χ1n) is 6.66. The Morgan fingerprint density at radius 2 is 2.20 bits per heavy atom. The van der Waals surface area contributed by atoms with Crippen molar-refractivity contribution in [3.8, 4) is 6.07 Å². The normalized spacial score (nSPS) is 20.1. The van der Waals surface area contributed by atoms with Crippen LogP contribution in [0, 0.1) is 11.3 Å². The largest absolute Gasteiger partial charge is 0.468 e. The van der Waals surface area contributed by atoms with Gasteiger partial charge in [-0.2, -0.15) is 5.26 Å². The lowest BCUT2D eigenvalue weighted by Gasteiger charge is -2.31. The van der Waals surface area contributed by atoms with E-state index in [1.165, 1.54) is 7.11 Å². The van der Waals surface area contributed by atoms with Gasteiger partial charge in [0.15, 0.2) is 0 Å². The highest BCUT2D eigenvalue weighted by Gasteiger charge is 2.37. The van der Waals surface area contributed by atoms with Gasteiger partial charge in [-0.05, 0) is 18.4 Å². The van der Waals surface area contributed by atoms with Crippen LogP contribution < -0.4 is 0 Å². The lowest BCUT2D eigenvalue weighted by Crippen LogP contribution is -2.40. The third kappa shape index (κ3) is 2.73. The Kier molecular flexibility index (Phi) is 4.54. The predicted molar refractivity (Wildman–Crippen MR) is 75.7 cm³/mol. The Hall–Kier alpha value is -2.12. The molecule has 0 saturated carbocycles. The van der Waals surface area contributed by atoms with E-state index in [1.54, 1.807) is 0 Å². The Morgan fingerprint density at radius 3 is 2.80 bits per heavy atom. The van der Waals surface area contributed by atoms with Gasteiger partial charge >= 0.3 is 5.97 Å². The molecule has 1 aromatic carbocycles. The zero-order chi connectivity index (χ0) is 14.5. The molecular formula is C16H18N2O2. The molecule has 2 atom stereocenters. The van der Waals surface area contributed by atoms with Crippen molar-refractivity contribution in [2.45, 2.75) is 24.9 Å². The van der Waals surface area contributed by atoms with E-state index >= 15 is 0 Å². The number of ether oxygens (including phenoxy) is 1. The fourth-order valence-corrected chi connectivity index (χ4v) is 2.78. The minimum Gasteiger partial charge on any atom is -0.468 e. The number of nitrogens with zero attached hydrogens (tertiary/aromatic N) is 2. The van der Waals surface area contributed by atoms with E-state index in [0.717, 1.165) is 24.9 Å². The van der Waals surface area contributed by atoms with E-state index < -0.39 is 0 Å². The molecule has 1 unspecified atom stereocenters. The summed E-state index contributed by atoms with van der Waals surface area (Å²) >= 11 is 0. The highest BCUT2D eigenvalue weighted by Crippen LogP contribution is 2.34. The van der Waals surface area contributed by atoms with Crippen LogP contribution in [-0.2, 0) is 9.53 Å². The van der Waals surface area contributed by atoms with Gasteiger partial charge in [0.1, 0.15) is 6.04 Å². The lowest BCUT2D eigenvalue weighted by molar-refractivity contribution is -0.146. The van der Waals surface area contributed by atoms with Crippen LogP contribution in [0.25, 0.3) is 0 Å². The molecule has 0 radical (unpaired) electrons. The van der Waals surface area contributed by atoms with Crippen molar-refractivity contribution >= 4 is 5.97 Å². The highest BCUT2D eigenvalue weighted by molar-refractivity contribution is 5.76. The summed E-state index contributed by atoms with van der Waals surface area (Å²) in [6.07, 6.45) is 1.68. The SMILES string of the molecule is C=C(C#N)C(c1ccccc1)N1CCC[C@H]1C(=O)OC. The number of likely N-dealkylation sites (tertiary alicyclic amines) is 1. The van der Waals surface area contributed by atoms with Crippen LogP contribution in [0.1, 0.15) is 24.4 Å². The van der Waals surface area contributed by atoms with E-state index in [9.17, 15) is 10.1 Å². The summed E-state index contributed by atoms with van der Waals surface area (Å²) in [5.74, 6) is -0.242. The molecule has 1 aliphatic heterocycles. The first kappa shape index (κ1) is 14.3. The standard InChI is InChI=1S/C16H18N2O2/c1-12(11-17)15(13-7-4-3-5-8-13)18-10-6-9-14(18)16(19)20-2/h3-5,7-8,14-15H,1,6,9-10H2,2H3/t14-,15?/m0/s1. The zero-order valence-corrected chi connectivity index (χ0v) is 11.6. The second-order valence-electron chi connectivity index (χ2n) is 4.87. The van der Waals surface area contributed by atoms with Crippen LogP contribution in [-0.4, -0.2) is 30.6 Å². The van der Waals surface area contributed by atoms with Gasteiger partial charge in [0, 0.05) is 12.1 Å². The van der Waals surface area contributed by atoms with Crippen LogP contribution in [0.3, 0.4) is 0 Å². The van der Waals surface area contributed by atoms with E-state index in [4.69, 9.17) is 4.74 Å². The molecule has 0 N–H and O–H groups in total. The van der Waals surface area contributed by atoms with Crippen molar-refractivity contribution in [1.29, 1.82) is 5.26 Å². The third-order valence-electron chi connectivity index (χ3n) is 3.69. The Balaban J connectivity index is 2.35. The number of rotatable bonds is 4. The molecule has 20 heavy (non-hydrogen) atoms. The summed E-state index contributed by atoms with van der Waals surface area (Å²) in [5, 5.41) is 9.22. The molecule has 1 aliphatic rings. The van der Waals surface area contributed by atoms with Gasteiger partial charge in [-0.15, -0.1) is 0 Å². The number of methoxy groups -OCH3 is 1. The zero-order valence-electron chi connectivity index (χ0n) is 11.6. The van der Waals surface area contributed by atoms with Crippen LogP contribution in [0.2, 0.25) is 0 Å². The monoisotopic (exact) mass is 270 g/mol. The molecule has 1 fully saturated rings. The van der Waals surface area contributed by atoms with E-state index in [1.807, 2.05) is 35.2 Å². The number of nitriles is 1. The summed E-state index contributed by atoms with van der Waals surface area (Å²) < 4.78 is 4.87. The molecule has 104 valence electrons. The molecular weight excluding hydrogens is 252 g/mol. The summed E-state index contributed by atoms with van der Waals surface area (Å²) in [4.78, 5) is 13.9. The molecule has 0 spiro atoms. The van der Waals surface area contributed by atoms with Gasteiger partial charge in [0.2, 0.25) is 0 Å². The first-order chi connectivity index (χ1) is 9.69. The van der Waals surface area contributed by atoms with Crippen molar-refractivity contribution in [2.75, 3.05) is 13.7 Å². The van der Waals surface area contributed by atoms with Gasteiger partial charge in [-0.25, -0.2) is 0 Å². The molecule has 0 aliphatic carbocycles. The first-order valence-corrected chi connectivity index (χ1v) is 6.66. The van der Waals surface area contributed by atoms with Gasteiger partial charge < -0.3 is 4.74 Å². The molecule has 4 heteroatoms. The number of benzene rings is 1.